The minimum absolute atomic E-state index is 0.164. The Kier molecular flexibility index (Phi) is 5.01. The summed E-state index contributed by atoms with van der Waals surface area (Å²) >= 11 is 10.6. The third kappa shape index (κ3) is 3.22. The van der Waals surface area contributed by atoms with Gasteiger partial charge in [0.15, 0.2) is 21.2 Å². The summed E-state index contributed by atoms with van der Waals surface area (Å²) < 4.78 is 3.73. The predicted octanol–water partition coefficient (Wildman–Crippen LogP) is 2.94. The van der Waals surface area contributed by atoms with E-state index in [0.717, 1.165) is 0 Å². The number of nitrogens with one attached hydrogen (secondary N) is 2. The van der Waals surface area contributed by atoms with Crippen molar-refractivity contribution >= 4 is 24.4 Å². The van der Waals surface area contributed by atoms with Crippen LogP contribution in [0.25, 0.3) is 11.4 Å². The number of hydrogen-bond donors (Lipinski definition) is 4. The van der Waals surface area contributed by atoms with Crippen LogP contribution in [0.1, 0.15) is 23.9 Å². The fourth-order valence-corrected chi connectivity index (χ4v) is 3.44. The van der Waals surface area contributed by atoms with E-state index in [-0.39, 0.29) is 11.6 Å². The van der Waals surface area contributed by atoms with Crippen LogP contribution in [0.4, 0.5) is 0 Å². The lowest BCUT2D eigenvalue weighted by Gasteiger charge is -2.18. The number of para-hydroxylation sites is 2. The van der Waals surface area contributed by atoms with E-state index in [1.165, 1.54) is 0 Å². The van der Waals surface area contributed by atoms with Gasteiger partial charge in [-0.2, -0.15) is 10.2 Å². The molecule has 0 spiro atoms. The molecule has 4 rings (SSSR count). The summed E-state index contributed by atoms with van der Waals surface area (Å²) in [5.41, 5.74) is 1.42. The first-order chi connectivity index (χ1) is 13.6. The summed E-state index contributed by atoms with van der Waals surface area (Å²) in [6, 6.07) is 18.4. The minimum atomic E-state index is -1.40. The lowest BCUT2D eigenvalue weighted by Crippen LogP contribution is -2.19. The third-order valence-electron chi connectivity index (χ3n) is 4.25. The molecule has 0 saturated heterocycles. The summed E-state index contributed by atoms with van der Waals surface area (Å²) in [6.07, 6.45) is -2.80. The molecule has 0 aliphatic rings. The smallest absolute Gasteiger partial charge is 0.199 e. The van der Waals surface area contributed by atoms with Gasteiger partial charge in [0.1, 0.15) is 12.2 Å². The highest BCUT2D eigenvalue weighted by Gasteiger charge is 2.30. The molecular formula is C18H16N6O2S2. The Bertz CT molecular complexity index is 1100. The first-order valence-electron chi connectivity index (χ1n) is 8.39. The molecule has 0 bridgehead atoms. The molecule has 142 valence electrons. The van der Waals surface area contributed by atoms with E-state index in [4.69, 9.17) is 24.4 Å². The molecule has 0 aliphatic carbocycles. The molecule has 0 amide bonds. The van der Waals surface area contributed by atoms with E-state index in [1.54, 1.807) is 9.13 Å². The molecule has 4 aromatic rings. The standard InChI is InChI=1S/C18H16N6O2S2/c25-13(15-19-21-17(27)23(15)11-7-3-1-4-8-11)14(26)16-20-22-18(28)24(16)12-9-5-2-6-10-12/h1-10,13-14,25-26H,(H,21,27)(H,22,28). The maximum absolute atomic E-state index is 10.9. The Balaban J connectivity index is 1.77. The molecule has 10 heteroatoms. The molecule has 2 atom stereocenters. The number of aromatic amines is 2. The van der Waals surface area contributed by atoms with Crippen LogP contribution in [0.3, 0.4) is 0 Å². The molecule has 8 nitrogen and oxygen atoms in total. The number of H-pyrrole nitrogens is 2. The van der Waals surface area contributed by atoms with E-state index in [9.17, 15) is 10.2 Å². The highest BCUT2D eigenvalue weighted by Crippen LogP contribution is 2.29. The van der Waals surface area contributed by atoms with Crippen molar-refractivity contribution in [3.63, 3.8) is 0 Å². The van der Waals surface area contributed by atoms with Gasteiger partial charge in [-0.15, -0.1) is 0 Å². The molecule has 4 N–H and O–H groups in total. The van der Waals surface area contributed by atoms with Crippen molar-refractivity contribution in [2.75, 3.05) is 0 Å². The molecule has 0 aliphatic heterocycles. The van der Waals surface area contributed by atoms with Crippen LogP contribution in [-0.2, 0) is 0 Å². The quantitative estimate of drug-likeness (QED) is 0.376. The number of aliphatic hydroxyl groups excluding tert-OH is 2. The van der Waals surface area contributed by atoms with Crippen LogP contribution < -0.4 is 0 Å². The summed E-state index contributed by atoms with van der Waals surface area (Å²) in [6.45, 7) is 0. The topological polar surface area (TPSA) is 108 Å². The molecule has 2 aromatic carbocycles. The number of rotatable bonds is 5. The van der Waals surface area contributed by atoms with Crippen LogP contribution in [0.5, 0.6) is 0 Å². The highest BCUT2D eigenvalue weighted by molar-refractivity contribution is 7.71. The van der Waals surface area contributed by atoms with Gasteiger partial charge in [0.25, 0.3) is 0 Å². The molecule has 2 aromatic heterocycles. The number of hydrogen-bond acceptors (Lipinski definition) is 6. The zero-order valence-electron chi connectivity index (χ0n) is 14.4. The van der Waals surface area contributed by atoms with Gasteiger partial charge in [0, 0.05) is 11.4 Å². The van der Waals surface area contributed by atoms with Crippen LogP contribution in [0.2, 0.25) is 0 Å². The Morgan fingerprint density at radius 3 is 1.39 bits per heavy atom. The van der Waals surface area contributed by atoms with E-state index in [1.807, 2.05) is 60.7 Å². The van der Waals surface area contributed by atoms with Gasteiger partial charge in [-0.1, -0.05) is 36.4 Å². The molecular weight excluding hydrogens is 396 g/mol. The second-order valence-corrected chi connectivity index (χ2v) is 6.78. The van der Waals surface area contributed by atoms with Crippen molar-refractivity contribution < 1.29 is 10.2 Å². The number of benzene rings is 2. The molecule has 2 heterocycles. The second-order valence-electron chi connectivity index (χ2n) is 6.01. The SMILES string of the molecule is OC(c1n[nH]c(=S)n1-c1ccccc1)C(O)c1n[nH]c(=S)n1-c1ccccc1. The first-order valence-corrected chi connectivity index (χ1v) is 9.21. The van der Waals surface area contributed by atoms with Gasteiger partial charge in [0.05, 0.1) is 0 Å². The summed E-state index contributed by atoms with van der Waals surface area (Å²) in [7, 11) is 0. The maximum atomic E-state index is 10.9. The predicted molar refractivity (Wildman–Crippen MR) is 107 cm³/mol. The number of aromatic nitrogens is 6. The van der Waals surface area contributed by atoms with Crippen molar-refractivity contribution in [1.29, 1.82) is 0 Å². The Hall–Kier alpha value is -2.92. The van der Waals surface area contributed by atoms with Gasteiger partial charge in [0.2, 0.25) is 0 Å². The Morgan fingerprint density at radius 1 is 0.679 bits per heavy atom. The van der Waals surface area contributed by atoms with Crippen molar-refractivity contribution in [2.24, 2.45) is 0 Å². The van der Waals surface area contributed by atoms with Crippen LogP contribution in [-0.4, -0.2) is 39.7 Å². The fraction of sp³-hybridized carbons (Fsp3) is 0.111. The van der Waals surface area contributed by atoms with Crippen molar-refractivity contribution in [1.82, 2.24) is 29.5 Å². The van der Waals surface area contributed by atoms with Crippen molar-refractivity contribution in [3.05, 3.63) is 81.9 Å². The average molecular weight is 413 g/mol. The van der Waals surface area contributed by atoms with E-state index in [2.05, 4.69) is 20.4 Å². The van der Waals surface area contributed by atoms with Gasteiger partial charge >= 0.3 is 0 Å². The van der Waals surface area contributed by atoms with Gasteiger partial charge in [-0.25, -0.2) is 0 Å². The number of aliphatic hydroxyl groups is 2. The zero-order valence-corrected chi connectivity index (χ0v) is 16.1. The molecule has 2 unspecified atom stereocenters. The van der Waals surface area contributed by atoms with Gasteiger partial charge in [-0.05, 0) is 48.7 Å². The zero-order chi connectivity index (χ0) is 19.7. The molecule has 0 radical (unpaired) electrons. The summed E-state index contributed by atoms with van der Waals surface area (Å²) in [4.78, 5) is 0. The molecule has 0 saturated carbocycles. The number of nitrogens with zero attached hydrogens (tertiary/aromatic N) is 4. The van der Waals surface area contributed by atoms with Gasteiger partial charge < -0.3 is 10.2 Å². The maximum Gasteiger partial charge on any atom is 0.199 e. The summed E-state index contributed by atoms with van der Waals surface area (Å²) in [5, 5.41) is 35.3. The highest BCUT2D eigenvalue weighted by atomic mass is 32.1. The molecule has 28 heavy (non-hydrogen) atoms. The summed E-state index contributed by atoms with van der Waals surface area (Å²) in [5.74, 6) is 0.328. The van der Waals surface area contributed by atoms with Crippen molar-refractivity contribution in [2.45, 2.75) is 12.2 Å². The average Bonchev–Trinajstić information content (AvgIpc) is 3.31. The third-order valence-corrected chi connectivity index (χ3v) is 4.80. The monoisotopic (exact) mass is 412 g/mol. The fourth-order valence-electron chi connectivity index (χ4n) is 2.95. The lowest BCUT2D eigenvalue weighted by atomic mass is 10.1. The largest absolute Gasteiger partial charge is 0.382 e. The molecule has 0 fully saturated rings. The van der Waals surface area contributed by atoms with E-state index >= 15 is 0 Å². The van der Waals surface area contributed by atoms with Crippen LogP contribution in [0.15, 0.2) is 60.7 Å². The van der Waals surface area contributed by atoms with Crippen LogP contribution in [0, 0.1) is 9.54 Å². The first kappa shape index (κ1) is 18.4. The van der Waals surface area contributed by atoms with E-state index in [0.29, 0.717) is 20.9 Å². The minimum Gasteiger partial charge on any atom is -0.382 e. The van der Waals surface area contributed by atoms with Gasteiger partial charge in [-0.3, -0.25) is 19.3 Å². The lowest BCUT2D eigenvalue weighted by molar-refractivity contribution is 0.00432. The van der Waals surface area contributed by atoms with Crippen LogP contribution >= 0.6 is 24.4 Å². The van der Waals surface area contributed by atoms with E-state index < -0.39 is 12.2 Å². The normalized spacial score (nSPS) is 13.4. The second kappa shape index (κ2) is 7.60. The Labute approximate surface area is 169 Å². The van der Waals surface area contributed by atoms with Crippen molar-refractivity contribution in [3.8, 4) is 11.4 Å². The Morgan fingerprint density at radius 2 is 1.04 bits per heavy atom.